The molecule has 0 aromatic rings. The molecule has 2 fully saturated rings. The highest BCUT2D eigenvalue weighted by Gasteiger charge is 2.22. The van der Waals surface area contributed by atoms with E-state index in [1.807, 2.05) is 0 Å². The summed E-state index contributed by atoms with van der Waals surface area (Å²) in [6.07, 6.45) is 5.19. The van der Waals surface area contributed by atoms with Crippen molar-refractivity contribution in [2.24, 2.45) is 22.6 Å². The molecule has 2 atom stereocenters. The normalized spacial score (nSPS) is 28.6. The molecule has 0 aliphatic carbocycles. The first-order valence-corrected chi connectivity index (χ1v) is 8.35. The smallest absolute Gasteiger partial charge is 0.191 e. The minimum absolute atomic E-state index is 0. The van der Waals surface area contributed by atoms with Gasteiger partial charge in [0.15, 0.2) is 5.96 Å². The van der Waals surface area contributed by atoms with Crippen LogP contribution in [0, 0.1) is 11.8 Å². The first kappa shape index (κ1) is 19.0. The molecule has 2 rings (SSSR count). The second-order valence-electron chi connectivity index (χ2n) is 6.99. The number of nitrogens with zero attached hydrogens (tertiary/aromatic N) is 3. The number of nitrogens with two attached hydrogens (primary N) is 1. The third kappa shape index (κ3) is 5.93. The van der Waals surface area contributed by atoms with Gasteiger partial charge in [0.2, 0.25) is 0 Å². The third-order valence-electron chi connectivity index (χ3n) is 4.77. The van der Waals surface area contributed by atoms with Crippen LogP contribution in [0.3, 0.4) is 0 Å². The van der Waals surface area contributed by atoms with Crippen molar-refractivity contribution in [3.63, 3.8) is 0 Å². The average molecular weight is 408 g/mol. The summed E-state index contributed by atoms with van der Waals surface area (Å²) in [4.78, 5) is 9.54. The highest BCUT2D eigenvalue weighted by molar-refractivity contribution is 14.0. The van der Waals surface area contributed by atoms with E-state index < -0.39 is 0 Å². The lowest BCUT2D eigenvalue weighted by Crippen LogP contribution is -2.44. The summed E-state index contributed by atoms with van der Waals surface area (Å²) < 4.78 is 0. The van der Waals surface area contributed by atoms with Crippen LogP contribution in [0.2, 0.25) is 0 Å². The highest BCUT2D eigenvalue weighted by Crippen LogP contribution is 2.19. The molecule has 21 heavy (non-hydrogen) atoms. The van der Waals surface area contributed by atoms with E-state index in [1.165, 1.54) is 38.8 Å². The first-order chi connectivity index (χ1) is 9.56. The number of rotatable bonds is 3. The summed E-state index contributed by atoms with van der Waals surface area (Å²) >= 11 is 0. The number of hydrogen-bond donors (Lipinski definition) is 1. The summed E-state index contributed by atoms with van der Waals surface area (Å²) in [6, 6.07) is 0.655. The number of halogens is 1. The van der Waals surface area contributed by atoms with Crippen molar-refractivity contribution in [1.82, 2.24) is 9.80 Å². The molecule has 0 aromatic carbocycles. The van der Waals surface area contributed by atoms with E-state index >= 15 is 0 Å². The highest BCUT2D eigenvalue weighted by atomic mass is 127. The fourth-order valence-electron chi connectivity index (χ4n) is 3.44. The largest absolute Gasteiger partial charge is 0.370 e. The van der Waals surface area contributed by atoms with Crippen molar-refractivity contribution in [2.45, 2.75) is 52.5 Å². The zero-order valence-corrected chi connectivity index (χ0v) is 16.3. The van der Waals surface area contributed by atoms with Gasteiger partial charge in [-0.2, -0.15) is 0 Å². The van der Waals surface area contributed by atoms with Crippen LogP contribution in [0.5, 0.6) is 0 Å². The Morgan fingerprint density at radius 3 is 2.57 bits per heavy atom. The second kappa shape index (κ2) is 9.18. The standard InChI is InChI=1S/C16H32N4.HI/c1-13(2)19-8-5-7-15(12-19)10-18-16(17)20-9-4-6-14(3)11-20;/h13-15H,4-12H2,1-3H3,(H2,17,18);1H. The topological polar surface area (TPSA) is 44.9 Å². The Balaban J connectivity index is 0.00000220. The van der Waals surface area contributed by atoms with Gasteiger partial charge in [0, 0.05) is 32.2 Å². The van der Waals surface area contributed by atoms with E-state index in [0.29, 0.717) is 12.0 Å². The summed E-state index contributed by atoms with van der Waals surface area (Å²) in [5.74, 6) is 2.22. The van der Waals surface area contributed by atoms with Crippen LogP contribution < -0.4 is 5.73 Å². The molecule has 2 N–H and O–H groups in total. The Labute approximate surface area is 147 Å². The Hall–Kier alpha value is -0.0400. The minimum Gasteiger partial charge on any atom is -0.370 e. The molecule has 2 heterocycles. The predicted molar refractivity (Wildman–Crippen MR) is 101 cm³/mol. The molecule has 0 radical (unpaired) electrons. The first-order valence-electron chi connectivity index (χ1n) is 8.35. The summed E-state index contributed by atoms with van der Waals surface area (Å²) in [5.41, 5.74) is 6.18. The predicted octanol–water partition coefficient (Wildman–Crippen LogP) is 2.77. The van der Waals surface area contributed by atoms with Gasteiger partial charge in [-0.15, -0.1) is 24.0 Å². The number of aliphatic imine (C=N–C) groups is 1. The van der Waals surface area contributed by atoms with Gasteiger partial charge in [0.05, 0.1) is 0 Å². The third-order valence-corrected chi connectivity index (χ3v) is 4.77. The van der Waals surface area contributed by atoms with Crippen molar-refractivity contribution in [1.29, 1.82) is 0 Å². The number of hydrogen-bond acceptors (Lipinski definition) is 2. The molecule has 0 aromatic heterocycles. The van der Waals surface area contributed by atoms with E-state index in [0.717, 1.165) is 31.5 Å². The Morgan fingerprint density at radius 2 is 1.90 bits per heavy atom. The average Bonchev–Trinajstić information content (AvgIpc) is 2.45. The van der Waals surface area contributed by atoms with Gasteiger partial charge in [-0.3, -0.25) is 4.99 Å². The zero-order chi connectivity index (χ0) is 14.5. The quantitative estimate of drug-likeness (QED) is 0.444. The SMILES string of the molecule is CC1CCCN(C(N)=NCC2CCCN(C(C)C)C2)C1.I. The fourth-order valence-corrected chi connectivity index (χ4v) is 3.44. The monoisotopic (exact) mass is 408 g/mol. The van der Waals surface area contributed by atoms with Gasteiger partial charge in [-0.1, -0.05) is 6.92 Å². The molecule has 2 unspecified atom stereocenters. The van der Waals surface area contributed by atoms with E-state index in [4.69, 9.17) is 10.7 Å². The van der Waals surface area contributed by atoms with Crippen molar-refractivity contribution in [2.75, 3.05) is 32.7 Å². The van der Waals surface area contributed by atoms with E-state index in [2.05, 4.69) is 30.6 Å². The van der Waals surface area contributed by atoms with E-state index in [-0.39, 0.29) is 24.0 Å². The van der Waals surface area contributed by atoms with Crippen LogP contribution >= 0.6 is 24.0 Å². The molecule has 0 amide bonds. The number of guanidine groups is 1. The maximum atomic E-state index is 6.18. The Morgan fingerprint density at radius 1 is 1.19 bits per heavy atom. The summed E-state index contributed by atoms with van der Waals surface area (Å²) in [5, 5.41) is 0. The van der Waals surface area contributed by atoms with Gasteiger partial charge in [0.25, 0.3) is 0 Å². The lowest BCUT2D eigenvalue weighted by Gasteiger charge is -2.35. The van der Waals surface area contributed by atoms with E-state index in [9.17, 15) is 0 Å². The summed E-state index contributed by atoms with van der Waals surface area (Å²) in [7, 11) is 0. The molecular formula is C16H33IN4. The molecule has 5 heteroatoms. The molecule has 2 saturated heterocycles. The maximum Gasteiger partial charge on any atom is 0.191 e. The van der Waals surface area contributed by atoms with Crippen molar-refractivity contribution < 1.29 is 0 Å². The van der Waals surface area contributed by atoms with Crippen LogP contribution in [0.15, 0.2) is 4.99 Å². The minimum atomic E-state index is 0. The number of likely N-dealkylation sites (tertiary alicyclic amines) is 2. The van der Waals surface area contributed by atoms with Gasteiger partial charge < -0.3 is 15.5 Å². The molecule has 2 aliphatic heterocycles. The van der Waals surface area contributed by atoms with Crippen LogP contribution in [0.25, 0.3) is 0 Å². The van der Waals surface area contributed by atoms with Gasteiger partial charge in [0.1, 0.15) is 0 Å². The Kier molecular flexibility index (Phi) is 8.31. The van der Waals surface area contributed by atoms with Crippen LogP contribution in [0.1, 0.15) is 46.5 Å². The second-order valence-corrected chi connectivity index (χ2v) is 6.99. The van der Waals surface area contributed by atoms with E-state index in [1.54, 1.807) is 0 Å². The number of piperidine rings is 2. The molecule has 0 spiro atoms. The van der Waals surface area contributed by atoms with Crippen LogP contribution in [-0.2, 0) is 0 Å². The van der Waals surface area contributed by atoms with Crippen molar-refractivity contribution in [3.05, 3.63) is 0 Å². The zero-order valence-electron chi connectivity index (χ0n) is 13.9. The summed E-state index contributed by atoms with van der Waals surface area (Å²) in [6.45, 7) is 12.4. The van der Waals surface area contributed by atoms with Crippen LogP contribution in [-0.4, -0.2) is 54.5 Å². The molecule has 124 valence electrons. The van der Waals surface area contributed by atoms with Crippen molar-refractivity contribution in [3.8, 4) is 0 Å². The lowest BCUT2D eigenvalue weighted by molar-refractivity contribution is 0.143. The van der Waals surface area contributed by atoms with Crippen LogP contribution in [0.4, 0.5) is 0 Å². The molecular weight excluding hydrogens is 375 g/mol. The maximum absolute atomic E-state index is 6.18. The Bertz CT molecular complexity index is 332. The van der Waals surface area contributed by atoms with Gasteiger partial charge >= 0.3 is 0 Å². The fraction of sp³-hybridized carbons (Fsp3) is 0.938. The van der Waals surface area contributed by atoms with Gasteiger partial charge in [-0.25, -0.2) is 0 Å². The molecule has 4 nitrogen and oxygen atoms in total. The lowest BCUT2D eigenvalue weighted by atomic mass is 9.97. The molecule has 0 saturated carbocycles. The molecule has 0 bridgehead atoms. The van der Waals surface area contributed by atoms with Crippen molar-refractivity contribution >= 4 is 29.9 Å². The molecule has 2 aliphatic rings. The van der Waals surface area contributed by atoms with Gasteiger partial charge in [-0.05, 0) is 57.9 Å².